The number of hydrogen-bond donors (Lipinski definition) is 0. The Balaban J connectivity index is 2.77. The maximum absolute atomic E-state index is 11.3. The lowest BCUT2D eigenvalue weighted by molar-refractivity contribution is 0.366. The van der Waals surface area contributed by atoms with Crippen molar-refractivity contribution in [1.29, 1.82) is 0 Å². The summed E-state index contributed by atoms with van der Waals surface area (Å²) >= 11 is 3.46. The summed E-state index contributed by atoms with van der Waals surface area (Å²) < 4.78 is 1.66. The van der Waals surface area contributed by atoms with Crippen molar-refractivity contribution in [2.24, 2.45) is 11.8 Å². The van der Waals surface area contributed by atoms with Crippen molar-refractivity contribution in [1.82, 2.24) is 9.55 Å². The highest BCUT2D eigenvalue weighted by molar-refractivity contribution is 9.09. The zero-order valence-electron chi connectivity index (χ0n) is 8.48. The van der Waals surface area contributed by atoms with E-state index in [4.69, 9.17) is 0 Å². The third-order valence-corrected chi connectivity index (χ3v) is 3.19. The van der Waals surface area contributed by atoms with Crippen LogP contribution in [0.1, 0.15) is 13.8 Å². The number of nitrogens with zero attached hydrogens (tertiary/aromatic N) is 2. The Hall–Kier alpha value is -0.640. The minimum atomic E-state index is -0.167. The molecule has 0 aliphatic rings. The van der Waals surface area contributed by atoms with E-state index in [1.807, 2.05) is 0 Å². The summed E-state index contributed by atoms with van der Waals surface area (Å²) in [4.78, 5) is 15.0. The van der Waals surface area contributed by atoms with E-state index in [2.05, 4.69) is 34.8 Å². The molecule has 0 aliphatic carbocycles. The molecule has 1 aromatic rings. The van der Waals surface area contributed by atoms with Crippen LogP contribution in [-0.4, -0.2) is 14.9 Å². The van der Waals surface area contributed by atoms with Gasteiger partial charge in [-0.05, 0) is 17.9 Å². The molecule has 0 fully saturated rings. The smallest absolute Gasteiger partial charge is 0.299 e. The Morgan fingerprint density at radius 2 is 2.29 bits per heavy atom. The topological polar surface area (TPSA) is 34.9 Å². The van der Waals surface area contributed by atoms with E-state index in [0.717, 1.165) is 11.9 Å². The lowest BCUT2D eigenvalue weighted by atomic mass is 9.98. The maximum Gasteiger partial charge on any atom is 0.347 e. The Labute approximate surface area is 92.3 Å². The van der Waals surface area contributed by atoms with Crippen LogP contribution in [0.25, 0.3) is 0 Å². The summed E-state index contributed by atoms with van der Waals surface area (Å²) in [5.74, 6) is 1.03. The lowest BCUT2D eigenvalue weighted by Gasteiger charge is -2.18. The molecule has 0 aromatic carbocycles. The van der Waals surface area contributed by atoms with Gasteiger partial charge in [-0.3, -0.25) is 4.57 Å². The minimum absolute atomic E-state index is 0.167. The highest BCUT2D eigenvalue weighted by Gasteiger charge is 2.12. The second-order valence-corrected chi connectivity index (χ2v) is 4.36. The van der Waals surface area contributed by atoms with Crippen LogP contribution < -0.4 is 5.69 Å². The molecule has 1 heterocycles. The quantitative estimate of drug-likeness (QED) is 0.774. The van der Waals surface area contributed by atoms with Gasteiger partial charge in [0.05, 0.1) is 0 Å². The number of hydrogen-bond acceptors (Lipinski definition) is 2. The van der Waals surface area contributed by atoms with Gasteiger partial charge < -0.3 is 0 Å². The molecule has 0 N–H and O–H groups in total. The zero-order chi connectivity index (χ0) is 10.6. The summed E-state index contributed by atoms with van der Waals surface area (Å²) in [6.07, 6.45) is 3.31. The lowest BCUT2D eigenvalue weighted by Crippen LogP contribution is -2.27. The average molecular weight is 259 g/mol. The summed E-state index contributed by atoms with van der Waals surface area (Å²) in [5.41, 5.74) is -0.167. The van der Waals surface area contributed by atoms with Crippen molar-refractivity contribution in [3.05, 3.63) is 28.9 Å². The Morgan fingerprint density at radius 3 is 2.79 bits per heavy atom. The number of alkyl halides is 1. The second-order valence-electron chi connectivity index (χ2n) is 3.71. The van der Waals surface area contributed by atoms with Gasteiger partial charge in [0.2, 0.25) is 0 Å². The molecule has 0 bridgehead atoms. The molecular formula is C10H15BrN2O. The molecule has 1 atom stereocenters. The van der Waals surface area contributed by atoms with Crippen molar-refractivity contribution in [3.63, 3.8) is 0 Å². The van der Waals surface area contributed by atoms with Gasteiger partial charge in [0.1, 0.15) is 0 Å². The van der Waals surface area contributed by atoms with Crippen LogP contribution in [0.2, 0.25) is 0 Å². The second kappa shape index (κ2) is 5.29. The molecule has 3 nitrogen and oxygen atoms in total. The highest BCUT2D eigenvalue weighted by Crippen LogP contribution is 2.14. The van der Waals surface area contributed by atoms with E-state index in [9.17, 15) is 4.79 Å². The predicted molar refractivity (Wildman–Crippen MR) is 60.6 cm³/mol. The van der Waals surface area contributed by atoms with Crippen molar-refractivity contribution in [3.8, 4) is 0 Å². The molecule has 0 radical (unpaired) electrons. The number of rotatable bonds is 4. The van der Waals surface area contributed by atoms with E-state index in [1.165, 1.54) is 6.20 Å². The third kappa shape index (κ3) is 2.94. The van der Waals surface area contributed by atoms with E-state index >= 15 is 0 Å². The van der Waals surface area contributed by atoms with Gasteiger partial charge in [-0.15, -0.1) is 0 Å². The first-order chi connectivity index (χ1) is 6.65. The normalized spacial score (nSPS) is 13.1. The van der Waals surface area contributed by atoms with E-state index in [-0.39, 0.29) is 5.69 Å². The molecule has 0 saturated carbocycles. The number of aromatic nitrogens is 2. The van der Waals surface area contributed by atoms with Crippen LogP contribution in [0, 0.1) is 11.8 Å². The van der Waals surface area contributed by atoms with Crippen LogP contribution in [-0.2, 0) is 6.54 Å². The molecule has 1 aromatic heterocycles. The van der Waals surface area contributed by atoms with E-state index in [1.54, 1.807) is 16.8 Å². The fourth-order valence-corrected chi connectivity index (χ4v) is 2.17. The first-order valence-corrected chi connectivity index (χ1v) is 5.84. The standard InChI is InChI=1S/C10H15BrN2O/c1-8(2)9(6-11)7-13-5-3-4-12-10(13)14/h3-5,8-9H,6-7H2,1-2H3. The van der Waals surface area contributed by atoms with Crippen molar-refractivity contribution < 1.29 is 0 Å². The van der Waals surface area contributed by atoms with E-state index in [0.29, 0.717) is 11.8 Å². The van der Waals surface area contributed by atoms with Crippen LogP contribution in [0.4, 0.5) is 0 Å². The first kappa shape index (κ1) is 11.4. The number of halogens is 1. The molecule has 1 rings (SSSR count). The molecule has 14 heavy (non-hydrogen) atoms. The van der Waals surface area contributed by atoms with Gasteiger partial charge in [-0.1, -0.05) is 29.8 Å². The summed E-state index contributed by atoms with van der Waals surface area (Å²) in [7, 11) is 0. The molecule has 0 aliphatic heterocycles. The van der Waals surface area contributed by atoms with Gasteiger partial charge in [-0.25, -0.2) is 9.78 Å². The van der Waals surface area contributed by atoms with Crippen molar-refractivity contribution in [2.45, 2.75) is 20.4 Å². The fourth-order valence-electron chi connectivity index (χ4n) is 1.22. The van der Waals surface area contributed by atoms with Crippen LogP contribution >= 0.6 is 15.9 Å². The largest absolute Gasteiger partial charge is 0.347 e. The van der Waals surface area contributed by atoms with Crippen LogP contribution in [0.5, 0.6) is 0 Å². The molecule has 78 valence electrons. The average Bonchev–Trinajstić information content (AvgIpc) is 2.16. The Kier molecular flexibility index (Phi) is 4.32. The molecule has 0 spiro atoms. The van der Waals surface area contributed by atoms with Crippen LogP contribution in [0.15, 0.2) is 23.3 Å². The van der Waals surface area contributed by atoms with Crippen molar-refractivity contribution in [2.75, 3.05) is 5.33 Å². The predicted octanol–water partition coefficient (Wildman–Crippen LogP) is 1.91. The fraction of sp³-hybridized carbons (Fsp3) is 0.600. The Bertz CT molecular complexity index is 335. The monoisotopic (exact) mass is 258 g/mol. The molecule has 0 saturated heterocycles. The highest BCUT2D eigenvalue weighted by atomic mass is 79.9. The first-order valence-electron chi connectivity index (χ1n) is 4.72. The Morgan fingerprint density at radius 1 is 1.57 bits per heavy atom. The van der Waals surface area contributed by atoms with E-state index < -0.39 is 0 Å². The zero-order valence-corrected chi connectivity index (χ0v) is 10.1. The van der Waals surface area contributed by atoms with Gasteiger partial charge >= 0.3 is 5.69 Å². The minimum Gasteiger partial charge on any atom is -0.299 e. The summed E-state index contributed by atoms with van der Waals surface area (Å²) in [6.45, 7) is 5.05. The van der Waals surface area contributed by atoms with Gasteiger partial charge in [0, 0.05) is 24.3 Å². The van der Waals surface area contributed by atoms with Gasteiger partial charge in [-0.2, -0.15) is 0 Å². The van der Waals surface area contributed by atoms with Gasteiger partial charge in [0.25, 0.3) is 0 Å². The van der Waals surface area contributed by atoms with Crippen LogP contribution in [0.3, 0.4) is 0 Å². The van der Waals surface area contributed by atoms with Crippen molar-refractivity contribution >= 4 is 15.9 Å². The molecule has 0 amide bonds. The summed E-state index contributed by atoms with van der Waals surface area (Å²) in [6, 6.07) is 1.78. The summed E-state index contributed by atoms with van der Waals surface area (Å²) in [5, 5.41) is 0.909. The molecule has 1 unspecified atom stereocenters. The maximum atomic E-state index is 11.3. The third-order valence-electron chi connectivity index (χ3n) is 2.35. The SMILES string of the molecule is CC(C)C(CBr)Cn1cccnc1=O. The van der Waals surface area contributed by atoms with Gasteiger partial charge in [0.15, 0.2) is 0 Å². The molecule has 4 heteroatoms. The molecular weight excluding hydrogens is 244 g/mol.